The molecule has 0 atom stereocenters. The molecule has 0 unspecified atom stereocenters. The van der Waals surface area contributed by atoms with Gasteiger partial charge in [-0.2, -0.15) is 13.2 Å². The molecular formula is C16H16F3N3O2S2. The molecule has 5 nitrogen and oxygen atoms in total. The van der Waals surface area contributed by atoms with Crippen molar-refractivity contribution in [2.75, 3.05) is 24.7 Å². The summed E-state index contributed by atoms with van der Waals surface area (Å²) in [6.07, 6.45) is -4.46. The summed E-state index contributed by atoms with van der Waals surface area (Å²) in [5, 5.41) is 5.43. The van der Waals surface area contributed by atoms with E-state index >= 15 is 0 Å². The number of nitrogens with zero attached hydrogens (tertiary/aromatic N) is 1. The smallest absolute Gasteiger partial charge is 0.332 e. The van der Waals surface area contributed by atoms with Crippen LogP contribution in [0.1, 0.15) is 5.56 Å². The van der Waals surface area contributed by atoms with Crippen LogP contribution in [0.25, 0.3) is 0 Å². The van der Waals surface area contributed by atoms with Gasteiger partial charge in [-0.3, -0.25) is 0 Å². The SMILES string of the molecule is CN(C)S(=O)(=O)c1cccc(NC(=S)Nc2cccc(C(F)(F)F)c2)c1. The van der Waals surface area contributed by atoms with Crippen LogP contribution in [0.5, 0.6) is 0 Å². The molecule has 2 aromatic carbocycles. The van der Waals surface area contributed by atoms with Crippen molar-refractivity contribution in [3.05, 3.63) is 54.1 Å². The van der Waals surface area contributed by atoms with Gasteiger partial charge in [-0.15, -0.1) is 0 Å². The number of sulfonamides is 1. The first kappa shape index (κ1) is 20.1. The summed E-state index contributed by atoms with van der Waals surface area (Å²) in [7, 11) is -0.787. The van der Waals surface area contributed by atoms with Gasteiger partial charge in [0.15, 0.2) is 5.11 Å². The molecule has 2 aromatic rings. The average molecular weight is 403 g/mol. The maximum atomic E-state index is 12.7. The number of benzene rings is 2. The van der Waals surface area contributed by atoms with Gasteiger partial charge in [-0.1, -0.05) is 12.1 Å². The summed E-state index contributed by atoms with van der Waals surface area (Å²) in [5.74, 6) is 0. The van der Waals surface area contributed by atoms with Gasteiger partial charge in [0.2, 0.25) is 10.0 Å². The van der Waals surface area contributed by atoms with Crippen LogP contribution in [0.3, 0.4) is 0 Å². The number of hydrogen-bond donors (Lipinski definition) is 2. The monoisotopic (exact) mass is 403 g/mol. The standard InChI is InChI=1S/C16H16F3N3O2S2/c1-22(2)26(23,24)14-8-4-7-13(10-14)21-15(25)20-12-6-3-5-11(9-12)16(17,18)19/h3-10H,1-2H3,(H2,20,21,25). The Balaban J connectivity index is 2.14. The molecule has 0 saturated heterocycles. The maximum absolute atomic E-state index is 12.7. The number of anilines is 2. The molecule has 0 radical (unpaired) electrons. The zero-order valence-electron chi connectivity index (χ0n) is 13.8. The van der Waals surface area contributed by atoms with Crippen molar-refractivity contribution in [1.29, 1.82) is 0 Å². The molecule has 0 aliphatic rings. The highest BCUT2D eigenvalue weighted by molar-refractivity contribution is 7.89. The zero-order valence-corrected chi connectivity index (χ0v) is 15.5. The Morgan fingerprint density at radius 2 is 1.54 bits per heavy atom. The van der Waals surface area contributed by atoms with Gasteiger partial charge >= 0.3 is 6.18 Å². The summed E-state index contributed by atoms with van der Waals surface area (Å²) < 4.78 is 63.6. The molecule has 0 saturated carbocycles. The number of rotatable bonds is 4. The van der Waals surface area contributed by atoms with Gasteiger partial charge in [0.1, 0.15) is 0 Å². The van der Waals surface area contributed by atoms with Crippen LogP contribution in [-0.2, 0) is 16.2 Å². The minimum absolute atomic E-state index is 0.0312. The van der Waals surface area contributed by atoms with Gasteiger partial charge in [0.25, 0.3) is 0 Å². The Hall–Kier alpha value is -2.17. The Bertz CT molecular complexity index is 913. The third-order valence-electron chi connectivity index (χ3n) is 3.32. The number of thiocarbonyl (C=S) groups is 1. The third-order valence-corrected chi connectivity index (χ3v) is 5.33. The normalized spacial score (nSPS) is 12.1. The van der Waals surface area contributed by atoms with Crippen molar-refractivity contribution < 1.29 is 21.6 Å². The van der Waals surface area contributed by atoms with Crippen molar-refractivity contribution >= 4 is 38.7 Å². The van der Waals surface area contributed by atoms with Gasteiger partial charge in [0.05, 0.1) is 10.5 Å². The molecule has 0 aliphatic carbocycles. The molecule has 10 heteroatoms. The van der Waals surface area contributed by atoms with E-state index in [0.29, 0.717) is 5.69 Å². The van der Waals surface area contributed by atoms with E-state index in [-0.39, 0.29) is 15.7 Å². The summed E-state index contributed by atoms with van der Waals surface area (Å²) in [6.45, 7) is 0. The number of halogens is 3. The van der Waals surface area contributed by atoms with Gasteiger partial charge in [-0.25, -0.2) is 12.7 Å². The molecule has 0 amide bonds. The van der Waals surface area contributed by atoms with Crippen molar-refractivity contribution in [2.45, 2.75) is 11.1 Å². The third kappa shape index (κ3) is 4.93. The van der Waals surface area contributed by atoms with E-state index < -0.39 is 21.8 Å². The molecule has 2 rings (SSSR count). The van der Waals surface area contributed by atoms with Crippen LogP contribution in [-0.4, -0.2) is 31.9 Å². The lowest BCUT2D eigenvalue weighted by molar-refractivity contribution is -0.137. The minimum Gasteiger partial charge on any atom is -0.332 e. The van der Waals surface area contributed by atoms with E-state index in [1.807, 2.05) is 0 Å². The Morgan fingerprint density at radius 3 is 2.08 bits per heavy atom. The molecule has 26 heavy (non-hydrogen) atoms. The topological polar surface area (TPSA) is 61.4 Å². The Labute approximate surface area is 154 Å². The van der Waals surface area contributed by atoms with E-state index in [9.17, 15) is 21.6 Å². The number of alkyl halides is 3. The van der Waals surface area contributed by atoms with Gasteiger partial charge < -0.3 is 10.6 Å². The summed E-state index contributed by atoms with van der Waals surface area (Å²) in [6, 6.07) is 10.5. The van der Waals surface area contributed by atoms with Crippen LogP contribution in [0.2, 0.25) is 0 Å². The quantitative estimate of drug-likeness (QED) is 0.761. The highest BCUT2D eigenvalue weighted by atomic mass is 32.2. The maximum Gasteiger partial charge on any atom is 0.416 e. The Morgan fingerprint density at radius 1 is 1.00 bits per heavy atom. The predicted molar refractivity (Wildman–Crippen MR) is 98.6 cm³/mol. The zero-order chi connectivity index (χ0) is 19.5. The highest BCUT2D eigenvalue weighted by Crippen LogP contribution is 2.30. The van der Waals surface area contributed by atoms with Crippen LogP contribution in [0.4, 0.5) is 24.5 Å². The number of nitrogens with one attached hydrogen (secondary N) is 2. The molecule has 140 valence electrons. The van der Waals surface area contributed by atoms with E-state index in [1.54, 1.807) is 6.07 Å². The van der Waals surface area contributed by atoms with Crippen molar-refractivity contribution in [3.8, 4) is 0 Å². The fraction of sp³-hybridized carbons (Fsp3) is 0.188. The molecule has 2 N–H and O–H groups in total. The van der Waals surface area contributed by atoms with E-state index in [0.717, 1.165) is 16.4 Å². The molecule has 0 heterocycles. The highest BCUT2D eigenvalue weighted by Gasteiger charge is 2.30. The first-order valence-electron chi connectivity index (χ1n) is 7.28. The Kier molecular flexibility index (Phi) is 5.89. The van der Waals surface area contributed by atoms with Crippen LogP contribution in [0, 0.1) is 0 Å². The molecule has 0 aliphatic heterocycles. The second-order valence-corrected chi connectivity index (χ2v) is 8.03. The van der Waals surface area contributed by atoms with Crippen LogP contribution < -0.4 is 10.6 Å². The van der Waals surface area contributed by atoms with Crippen LogP contribution in [0.15, 0.2) is 53.4 Å². The fourth-order valence-electron chi connectivity index (χ4n) is 2.01. The predicted octanol–water partition coefficient (Wildman–Crippen LogP) is 3.76. The van der Waals surface area contributed by atoms with E-state index in [1.165, 1.54) is 44.4 Å². The minimum atomic E-state index is -4.46. The largest absolute Gasteiger partial charge is 0.416 e. The van der Waals surface area contributed by atoms with Gasteiger partial charge in [-0.05, 0) is 48.6 Å². The fourth-order valence-corrected chi connectivity index (χ4v) is 3.20. The van der Waals surface area contributed by atoms with E-state index in [4.69, 9.17) is 12.2 Å². The lowest BCUT2D eigenvalue weighted by atomic mass is 10.2. The lowest BCUT2D eigenvalue weighted by Gasteiger charge is -2.15. The first-order chi connectivity index (χ1) is 12.0. The molecule has 0 fully saturated rings. The first-order valence-corrected chi connectivity index (χ1v) is 9.13. The van der Waals surface area contributed by atoms with Crippen LogP contribution >= 0.6 is 12.2 Å². The average Bonchev–Trinajstić information content (AvgIpc) is 2.54. The second-order valence-electron chi connectivity index (χ2n) is 5.47. The van der Waals surface area contributed by atoms with Gasteiger partial charge in [0, 0.05) is 25.5 Å². The van der Waals surface area contributed by atoms with Crippen molar-refractivity contribution in [1.82, 2.24) is 4.31 Å². The lowest BCUT2D eigenvalue weighted by Crippen LogP contribution is -2.23. The molecule has 0 aromatic heterocycles. The summed E-state index contributed by atoms with van der Waals surface area (Å²) in [5.41, 5.74) is -0.254. The summed E-state index contributed by atoms with van der Waals surface area (Å²) in [4.78, 5) is 0.0642. The summed E-state index contributed by atoms with van der Waals surface area (Å²) >= 11 is 5.08. The van der Waals surface area contributed by atoms with Crippen molar-refractivity contribution in [3.63, 3.8) is 0 Å². The van der Waals surface area contributed by atoms with Crippen molar-refractivity contribution in [2.24, 2.45) is 0 Å². The number of hydrogen-bond acceptors (Lipinski definition) is 3. The molecule has 0 bridgehead atoms. The molecular weight excluding hydrogens is 387 g/mol. The molecule has 0 spiro atoms. The second kappa shape index (κ2) is 7.60. The van der Waals surface area contributed by atoms with E-state index in [2.05, 4.69) is 10.6 Å².